The molecule has 1 amide bonds. The van der Waals surface area contributed by atoms with Gasteiger partial charge in [-0.05, 0) is 68.7 Å². The Balaban J connectivity index is 1.64. The van der Waals surface area contributed by atoms with Crippen LogP contribution in [0.5, 0.6) is 5.75 Å². The number of anilines is 1. The van der Waals surface area contributed by atoms with Gasteiger partial charge >= 0.3 is 0 Å². The summed E-state index contributed by atoms with van der Waals surface area (Å²) in [6, 6.07) is 13.6. The van der Waals surface area contributed by atoms with Crippen molar-refractivity contribution in [3.05, 3.63) is 65.0 Å². The van der Waals surface area contributed by atoms with Crippen LogP contribution in [-0.4, -0.2) is 32.6 Å². The number of ether oxygens (including phenoxy) is 1. The topological polar surface area (TPSA) is 81.1 Å². The second kappa shape index (κ2) is 8.39. The molecule has 2 N–H and O–H groups in total. The molecule has 0 aliphatic carbocycles. The molecule has 2 atom stereocenters. The van der Waals surface area contributed by atoms with Gasteiger partial charge in [0, 0.05) is 5.69 Å². The van der Waals surface area contributed by atoms with E-state index < -0.39 is 5.25 Å². The van der Waals surface area contributed by atoms with Crippen LogP contribution in [0.4, 0.5) is 5.69 Å². The van der Waals surface area contributed by atoms with Crippen LogP contribution < -0.4 is 15.5 Å². The van der Waals surface area contributed by atoms with Crippen LogP contribution in [0.15, 0.2) is 47.6 Å². The number of carbonyl (C=O) groups excluding carboxylic acids is 1. The molecule has 0 radical (unpaired) electrons. The molecule has 0 saturated heterocycles. The van der Waals surface area contributed by atoms with Crippen molar-refractivity contribution in [2.75, 3.05) is 17.3 Å². The van der Waals surface area contributed by atoms with E-state index in [1.54, 1.807) is 0 Å². The van der Waals surface area contributed by atoms with E-state index in [0.717, 1.165) is 34.0 Å². The highest BCUT2D eigenvalue weighted by Gasteiger charge is 2.37. The van der Waals surface area contributed by atoms with Crippen LogP contribution in [-0.2, 0) is 4.79 Å². The Morgan fingerprint density at radius 1 is 1.13 bits per heavy atom. The molecule has 1 aliphatic heterocycles. The molecule has 156 valence electrons. The number of nitrogens with zero attached hydrogens (tertiary/aromatic N) is 3. The largest absolute Gasteiger partial charge is 0.494 e. The van der Waals surface area contributed by atoms with Crippen LogP contribution in [0.1, 0.15) is 35.5 Å². The van der Waals surface area contributed by atoms with Gasteiger partial charge in [0.2, 0.25) is 11.1 Å². The minimum atomic E-state index is -0.417. The summed E-state index contributed by atoms with van der Waals surface area (Å²) >= 11 is 1.41. The van der Waals surface area contributed by atoms with E-state index in [2.05, 4.69) is 27.0 Å². The van der Waals surface area contributed by atoms with Crippen molar-refractivity contribution in [2.45, 2.75) is 44.1 Å². The standard InChI is InChI=1S/C22H25N5O2S/c1-5-29-18-8-6-16(7-9-18)19-20(30-22-25-24-15(4)27(22)26-19)21(28)23-17-11-13(2)10-14(3)12-17/h6-12,19-20,26H,5H2,1-4H3,(H,23,28). The Labute approximate surface area is 180 Å². The normalized spacial score (nSPS) is 17.7. The Bertz CT molecular complexity index is 1040. The van der Waals surface area contributed by atoms with Crippen LogP contribution in [0, 0.1) is 20.8 Å². The summed E-state index contributed by atoms with van der Waals surface area (Å²) in [5, 5.41) is 11.7. The predicted octanol–water partition coefficient (Wildman–Crippen LogP) is 4.00. The first-order valence-corrected chi connectivity index (χ1v) is 10.8. The van der Waals surface area contributed by atoms with Crippen LogP contribution in [0.25, 0.3) is 0 Å². The Morgan fingerprint density at radius 2 is 1.83 bits per heavy atom. The van der Waals surface area contributed by atoms with Gasteiger partial charge in [0.15, 0.2) is 0 Å². The van der Waals surface area contributed by atoms with Crippen molar-refractivity contribution < 1.29 is 9.53 Å². The van der Waals surface area contributed by atoms with Crippen molar-refractivity contribution in [1.29, 1.82) is 0 Å². The number of fused-ring (bicyclic) bond motifs is 1. The van der Waals surface area contributed by atoms with Gasteiger partial charge in [0.05, 0.1) is 12.6 Å². The molecule has 3 aromatic rings. The first-order chi connectivity index (χ1) is 14.4. The molecule has 1 aromatic heterocycles. The van der Waals surface area contributed by atoms with Gasteiger partial charge in [0.25, 0.3) is 0 Å². The van der Waals surface area contributed by atoms with Crippen molar-refractivity contribution in [3.63, 3.8) is 0 Å². The highest BCUT2D eigenvalue weighted by molar-refractivity contribution is 8.00. The number of rotatable bonds is 5. The molecule has 1 aliphatic rings. The first kappa shape index (κ1) is 20.3. The van der Waals surface area contributed by atoms with Gasteiger partial charge < -0.3 is 15.5 Å². The monoisotopic (exact) mass is 423 g/mol. The lowest BCUT2D eigenvalue weighted by Crippen LogP contribution is -2.41. The maximum absolute atomic E-state index is 13.3. The fourth-order valence-corrected chi connectivity index (χ4v) is 4.73. The number of hydrogen-bond donors (Lipinski definition) is 2. The fraction of sp³-hybridized carbons (Fsp3) is 0.318. The number of nitrogens with one attached hydrogen (secondary N) is 2. The van der Waals surface area contributed by atoms with Crippen molar-refractivity contribution >= 4 is 23.4 Å². The molecule has 2 aromatic carbocycles. The highest BCUT2D eigenvalue weighted by Crippen LogP contribution is 2.38. The van der Waals surface area contributed by atoms with E-state index in [9.17, 15) is 4.79 Å². The zero-order chi connectivity index (χ0) is 21.3. The maximum Gasteiger partial charge on any atom is 0.240 e. The van der Waals surface area contributed by atoms with E-state index in [0.29, 0.717) is 11.8 Å². The van der Waals surface area contributed by atoms with E-state index in [-0.39, 0.29) is 11.9 Å². The SMILES string of the molecule is CCOc1ccc(C2Nn3c(C)nnc3SC2C(=O)Nc2cc(C)cc(C)c2)cc1. The zero-order valence-electron chi connectivity index (χ0n) is 17.5. The van der Waals surface area contributed by atoms with Gasteiger partial charge in [-0.1, -0.05) is 30.0 Å². The quantitative estimate of drug-likeness (QED) is 0.646. The third kappa shape index (κ3) is 4.14. The number of amides is 1. The van der Waals surface area contributed by atoms with Gasteiger partial charge in [-0.2, -0.15) is 0 Å². The second-order valence-electron chi connectivity index (χ2n) is 7.38. The first-order valence-electron chi connectivity index (χ1n) is 9.91. The lowest BCUT2D eigenvalue weighted by atomic mass is 10.0. The minimum Gasteiger partial charge on any atom is -0.494 e. The smallest absolute Gasteiger partial charge is 0.240 e. The average molecular weight is 424 g/mol. The third-order valence-electron chi connectivity index (χ3n) is 4.90. The summed E-state index contributed by atoms with van der Waals surface area (Å²) < 4.78 is 7.40. The molecule has 2 heterocycles. The summed E-state index contributed by atoms with van der Waals surface area (Å²) in [4.78, 5) is 13.3. The summed E-state index contributed by atoms with van der Waals surface area (Å²) in [5.74, 6) is 1.48. The van der Waals surface area contributed by atoms with Gasteiger partial charge in [0.1, 0.15) is 16.8 Å². The van der Waals surface area contributed by atoms with Crippen molar-refractivity contribution in [2.24, 2.45) is 0 Å². The molecule has 0 spiro atoms. The molecule has 2 unspecified atom stereocenters. The average Bonchev–Trinajstić information content (AvgIpc) is 3.07. The van der Waals surface area contributed by atoms with E-state index in [4.69, 9.17) is 4.74 Å². The summed E-state index contributed by atoms with van der Waals surface area (Å²) in [5.41, 5.74) is 7.43. The van der Waals surface area contributed by atoms with Crippen LogP contribution in [0.3, 0.4) is 0 Å². The molecule has 8 heteroatoms. The Hall–Kier alpha value is -3.00. The van der Waals surface area contributed by atoms with Gasteiger partial charge in [-0.3, -0.25) is 4.79 Å². The number of aromatic nitrogens is 3. The fourth-order valence-electron chi connectivity index (χ4n) is 3.61. The molecule has 4 rings (SSSR count). The zero-order valence-corrected chi connectivity index (χ0v) is 18.3. The summed E-state index contributed by atoms with van der Waals surface area (Å²) in [7, 11) is 0. The summed E-state index contributed by atoms with van der Waals surface area (Å²) in [6.45, 7) is 8.49. The van der Waals surface area contributed by atoms with Crippen molar-refractivity contribution in [3.8, 4) is 5.75 Å². The third-order valence-corrected chi connectivity index (χ3v) is 6.11. The lowest BCUT2D eigenvalue weighted by Gasteiger charge is -2.32. The molecule has 0 saturated carbocycles. The van der Waals surface area contributed by atoms with Crippen LogP contribution >= 0.6 is 11.8 Å². The number of aryl methyl sites for hydroxylation is 3. The minimum absolute atomic E-state index is 0.0803. The van der Waals surface area contributed by atoms with E-state index in [1.165, 1.54) is 11.8 Å². The van der Waals surface area contributed by atoms with E-state index in [1.807, 2.05) is 68.8 Å². The molecule has 0 bridgehead atoms. The number of carbonyl (C=O) groups is 1. The summed E-state index contributed by atoms with van der Waals surface area (Å²) in [6.07, 6.45) is 0. The van der Waals surface area contributed by atoms with Crippen LogP contribution in [0.2, 0.25) is 0 Å². The van der Waals surface area contributed by atoms with Gasteiger partial charge in [-0.25, -0.2) is 4.68 Å². The van der Waals surface area contributed by atoms with E-state index >= 15 is 0 Å². The van der Waals surface area contributed by atoms with Crippen molar-refractivity contribution in [1.82, 2.24) is 14.9 Å². The Kier molecular flexibility index (Phi) is 5.67. The molecule has 0 fully saturated rings. The van der Waals surface area contributed by atoms with Gasteiger partial charge in [-0.15, -0.1) is 10.2 Å². The maximum atomic E-state index is 13.3. The highest BCUT2D eigenvalue weighted by atomic mass is 32.2. The Morgan fingerprint density at radius 3 is 2.50 bits per heavy atom. The molecular formula is C22H25N5O2S. The second-order valence-corrected chi connectivity index (χ2v) is 8.49. The number of hydrogen-bond acceptors (Lipinski definition) is 6. The molecule has 7 nitrogen and oxygen atoms in total. The molecular weight excluding hydrogens is 398 g/mol. The number of thioether (sulfide) groups is 1. The predicted molar refractivity (Wildman–Crippen MR) is 119 cm³/mol. The number of benzene rings is 2. The molecule has 30 heavy (non-hydrogen) atoms. The lowest BCUT2D eigenvalue weighted by molar-refractivity contribution is -0.116.